The number of aliphatic hydroxyl groups excluding tert-OH is 1. The van der Waals surface area contributed by atoms with E-state index in [1.165, 1.54) is 0 Å². The van der Waals surface area contributed by atoms with Gasteiger partial charge in [-0.3, -0.25) is 0 Å². The minimum Gasteiger partial charge on any atom is -0.390 e. The molecule has 1 aromatic carbocycles. The van der Waals surface area contributed by atoms with Crippen molar-refractivity contribution in [2.45, 2.75) is 38.6 Å². The molecule has 1 atom stereocenters. The summed E-state index contributed by atoms with van der Waals surface area (Å²) in [7, 11) is 0. The Morgan fingerprint density at radius 3 is 2.54 bits per heavy atom. The summed E-state index contributed by atoms with van der Waals surface area (Å²) in [6.07, 6.45) is -3.28. The van der Waals surface area contributed by atoms with Crippen molar-refractivity contribution in [3.8, 4) is 0 Å². The van der Waals surface area contributed by atoms with Crippen molar-refractivity contribution in [3.05, 3.63) is 30.1 Å². The highest BCUT2D eigenvalue weighted by atomic mass is 19.4. The summed E-state index contributed by atoms with van der Waals surface area (Å²) in [4.78, 5) is 5.83. The molecule has 1 saturated heterocycles. The topological polar surface area (TPSA) is 41.3 Å². The van der Waals surface area contributed by atoms with Gasteiger partial charge >= 0.3 is 6.18 Å². The fourth-order valence-electron chi connectivity index (χ4n) is 3.29. The lowest BCUT2D eigenvalue weighted by molar-refractivity contribution is -0.147. The van der Waals surface area contributed by atoms with Crippen LogP contribution in [-0.4, -0.2) is 45.3 Å². The van der Waals surface area contributed by atoms with E-state index >= 15 is 0 Å². The second kappa shape index (κ2) is 6.72. The Balaban J connectivity index is 1.78. The van der Waals surface area contributed by atoms with Crippen LogP contribution in [0.5, 0.6) is 0 Å². The third-order valence-corrected chi connectivity index (χ3v) is 4.65. The van der Waals surface area contributed by atoms with Crippen LogP contribution >= 0.6 is 0 Å². The molecule has 0 spiro atoms. The summed E-state index contributed by atoms with van der Waals surface area (Å²) in [5.41, 5.74) is 0.694. The van der Waals surface area contributed by atoms with Crippen LogP contribution in [0.4, 0.5) is 13.2 Å². The lowest BCUT2D eigenvalue weighted by atomic mass is 9.99. The zero-order valence-electron chi connectivity index (χ0n) is 13.6. The van der Waals surface area contributed by atoms with E-state index in [0.29, 0.717) is 23.5 Å². The number of fused-ring (bicyclic) bond motifs is 1. The van der Waals surface area contributed by atoms with Crippen LogP contribution < -0.4 is 0 Å². The molecule has 0 radical (unpaired) electrons. The number of halogens is 3. The molecule has 0 bridgehead atoms. The van der Waals surface area contributed by atoms with Gasteiger partial charge in [-0.1, -0.05) is 19.1 Å². The molecule has 1 N–H and O–H groups in total. The molecule has 0 amide bonds. The number of rotatable bonds is 4. The summed E-state index contributed by atoms with van der Waals surface area (Å²) in [6.45, 7) is 4.24. The number of hydrogen-bond acceptors (Lipinski definition) is 3. The molecule has 132 valence electrons. The normalized spacial score (nSPS) is 19.0. The third-order valence-electron chi connectivity index (χ3n) is 4.65. The average Bonchev–Trinajstić information content (AvgIpc) is 2.89. The van der Waals surface area contributed by atoms with Gasteiger partial charge in [-0.25, -0.2) is 4.98 Å². The molecule has 0 aliphatic carbocycles. The lowest BCUT2D eigenvalue weighted by Crippen LogP contribution is -2.40. The molecule has 1 aromatic heterocycles. The molecule has 7 heteroatoms. The number of likely N-dealkylation sites (tertiary alicyclic amines) is 1. The minimum atomic E-state index is -4.54. The lowest BCUT2D eigenvalue weighted by Gasteiger charge is -2.31. The molecule has 2 heterocycles. The number of hydrogen-bond donors (Lipinski definition) is 1. The number of benzene rings is 1. The number of imidazole rings is 1. The van der Waals surface area contributed by atoms with Crippen molar-refractivity contribution in [1.29, 1.82) is 0 Å². The predicted octanol–water partition coefficient (Wildman–Crippen LogP) is 3.15. The predicted molar refractivity (Wildman–Crippen MR) is 85.6 cm³/mol. The number of aromatic nitrogens is 2. The van der Waals surface area contributed by atoms with Crippen molar-refractivity contribution in [2.75, 3.05) is 19.6 Å². The first-order valence-corrected chi connectivity index (χ1v) is 8.27. The largest absolute Gasteiger partial charge is 0.449 e. The number of β-amino-alcohol motifs (C(OH)–C–C–N with tert-alkyl or cyclic N) is 1. The van der Waals surface area contributed by atoms with Gasteiger partial charge in [0, 0.05) is 6.54 Å². The van der Waals surface area contributed by atoms with Gasteiger partial charge in [0.2, 0.25) is 5.82 Å². The maximum atomic E-state index is 13.3. The number of nitrogens with zero attached hydrogens (tertiary/aromatic N) is 3. The monoisotopic (exact) mass is 341 g/mol. The molecule has 1 aliphatic rings. The van der Waals surface area contributed by atoms with Crippen molar-refractivity contribution in [2.24, 2.45) is 5.92 Å². The highest BCUT2D eigenvalue weighted by Crippen LogP contribution is 2.31. The molecule has 1 fully saturated rings. The molecule has 24 heavy (non-hydrogen) atoms. The van der Waals surface area contributed by atoms with Gasteiger partial charge in [-0.05, 0) is 44.0 Å². The van der Waals surface area contributed by atoms with Gasteiger partial charge in [0.15, 0.2) is 0 Å². The fraction of sp³-hybridized carbons (Fsp3) is 0.588. The Hall–Kier alpha value is -1.60. The maximum Gasteiger partial charge on any atom is 0.449 e. The Morgan fingerprint density at radius 2 is 1.88 bits per heavy atom. The number of para-hydroxylation sites is 2. The van der Waals surface area contributed by atoms with Gasteiger partial charge in [0.1, 0.15) is 0 Å². The first kappa shape index (κ1) is 17.2. The molecular formula is C17H22F3N3O. The van der Waals surface area contributed by atoms with E-state index in [2.05, 4.69) is 16.8 Å². The summed E-state index contributed by atoms with van der Waals surface area (Å²) in [5.74, 6) is -0.275. The van der Waals surface area contributed by atoms with Crippen molar-refractivity contribution in [3.63, 3.8) is 0 Å². The SMILES string of the molecule is CC1CCN(C[C@@H](O)Cn2c(C(F)(F)F)nc3ccccc32)CC1. The minimum absolute atomic E-state index is 0.110. The van der Waals surface area contributed by atoms with E-state index < -0.39 is 18.1 Å². The van der Waals surface area contributed by atoms with Crippen molar-refractivity contribution in [1.82, 2.24) is 14.5 Å². The van der Waals surface area contributed by atoms with Crippen LogP contribution in [0, 0.1) is 5.92 Å². The number of aliphatic hydroxyl groups is 1. The fourth-order valence-corrected chi connectivity index (χ4v) is 3.29. The number of piperidine rings is 1. The van der Waals surface area contributed by atoms with E-state index in [1.807, 2.05) is 0 Å². The van der Waals surface area contributed by atoms with Crippen LogP contribution in [0.3, 0.4) is 0 Å². The zero-order chi connectivity index (χ0) is 17.3. The first-order valence-electron chi connectivity index (χ1n) is 8.27. The van der Waals surface area contributed by atoms with Gasteiger partial charge in [-0.15, -0.1) is 0 Å². The highest BCUT2D eigenvalue weighted by molar-refractivity contribution is 5.76. The van der Waals surface area contributed by atoms with Gasteiger partial charge in [-0.2, -0.15) is 13.2 Å². The van der Waals surface area contributed by atoms with Crippen LogP contribution in [-0.2, 0) is 12.7 Å². The van der Waals surface area contributed by atoms with Crippen LogP contribution in [0.15, 0.2) is 24.3 Å². The summed E-state index contributed by atoms with van der Waals surface area (Å²) in [5, 5.41) is 10.3. The van der Waals surface area contributed by atoms with Crippen LogP contribution in [0.2, 0.25) is 0 Å². The standard InChI is InChI=1S/C17H22F3N3O/c1-12-6-8-22(9-7-12)10-13(24)11-23-15-5-3-2-4-14(15)21-16(23)17(18,19)20/h2-5,12-13,24H,6-11H2,1H3/t13-/m1/s1. The molecular weight excluding hydrogens is 319 g/mol. The van der Waals surface area contributed by atoms with E-state index in [-0.39, 0.29) is 6.54 Å². The first-order chi connectivity index (χ1) is 11.3. The van der Waals surface area contributed by atoms with Gasteiger partial charge in [0.25, 0.3) is 0 Å². The molecule has 1 aliphatic heterocycles. The molecule has 4 nitrogen and oxygen atoms in total. The van der Waals surface area contributed by atoms with Crippen molar-refractivity contribution >= 4 is 11.0 Å². The molecule has 0 saturated carbocycles. The molecule has 2 aromatic rings. The summed E-state index contributed by atoms with van der Waals surface area (Å²) < 4.78 is 40.9. The van der Waals surface area contributed by atoms with Crippen LogP contribution in [0.1, 0.15) is 25.6 Å². The quantitative estimate of drug-likeness (QED) is 0.929. The summed E-state index contributed by atoms with van der Waals surface area (Å²) >= 11 is 0. The van der Waals surface area contributed by atoms with E-state index in [9.17, 15) is 18.3 Å². The Kier molecular flexibility index (Phi) is 4.83. The smallest absolute Gasteiger partial charge is 0.390 e. The van der Waals surface area contributed by atoms with E-state index in [0.717, 1.165) is 30.5 Å². The second-order valence-electron chi connectivity index (χ2n) is 6.67. The van der Waals surface area contributed by atoms with Crippen LogP contribution in [0.25, 0.3) is 11.0 Å². The third kappa shape index (κ3) is 3.72. The average molecular weight is 341 g/mol. The van der Waals surface area contributed by atoms with E-state index in [4.69, 9.17) is 0 Å². The van der Waals surface area contributed by atoms with Gasteiger partial charge < -0.3 is 14.6 Å². The Morgan fingerprint density at radius 1 is 1.21 bits per heavy atom. The molecule has 0 unspecified atom stereocenters. The van der Waals surface area contributed by atoms with Crippen molar-refractivity contribution < 1.29 is 18.3 Å². The highest BCUT2D eigenvalue weighted by Gasteiger charge is 2.38. The summed E-state index contributed by atoms with van der Waals surface area (Å²) in [6, 6.07) is 6.50. The second-order valence-corrected chi connectivity index (χ2v) is 6.67. The number of alkyl halides is 3. The molecule has 3 rings (SSSR count). The van der Waals surface area contributed by atoms with E-state index in [1.54, 1.807) is 24.3 Å². The zero-order valence-corrected chi connectivity index (χ0v) is 13.6. The Bertz CT molecular complexity index is 690. The maximum absolute atomic E-state index is 13.3. The van der Waals surface area contributed by atoms with Gasteiger partial charge in [0.05, 0.1) is 23.7 Å². The Labute approximate surface area is 138 Å².